The van der Waals surface area contributed by atoms with Gasteiger partial charge in [0.25, 0.3) is 0 Å². The minimum atomic E-state index is -0.378. The van der Waals surface area contributed by atoms with E-state index in [2.05, 4.69) is 20.9 Å². The number of aromatic nitrogens is 1. The Morgan fingerprint density at radius 1 is 1.70 bits per heavy atom. The van der Waals surface area contributed by atoms with Crippen LogP contribution in [0, 0.1) is 12.9 Å². The van der Waals surface area contributed by atoms with Crippen molar-refractivity contribution in [3.8, 4) is 0 Å². The third kappa shape index (κ3) is 1.34. The van der Waals surface area contributed by atoms with Gasteiger partial charge >= 0.3 is 0 Å². The van der Waals surface area contributed by atoms with Crippen molar-refractivity contribution in [2.75, 3.05) is 0 Å². The molecule has 0 saturated heterocycles. The largest absolute Gasteiger partial charge is 0.228 e. The summed E-state index contributed by atoms with van der Waals surface area (Å²) in [6, 6.07) is 1.79. The van der Waals surface area contributed by atoms with Crippen molar-refractivity contribution in [2.24, 2.45) is 0 Å². The van der Waals surface area contributed by atoms with Crippen LogP contribution in [0.4, 0.5) is 4.39 Å². The van der Waals surface area contributed by atoms with Crippen molar-refractivity contribution < 1.29 is 4.39 Å². The summed E-state index contributed by atoms with van der Waals surface area (Å²) in [5, 5.41) is 0.526. The number of pyridine rings is 1. The maximum absolute atomic E-state index is 12.7. The van der Waals surface area contributed by atoms with Crippen LogP contribution in [0.2, 0.25) is 0 Å². The highest BCUT2D eigenvalue weighted by Gasteiger charge is 2.02. The molecule has 0 spiro atoms. The first-order valence-electron chi connectivity index (χ1n) is 2.91. The quantitative estimate of drug-likeness (QED) is 0.505. The number of aryl methyl sites for hydroxylation is 1. The Kier molecular flexibility index (Phi) is 2.38. The van der Waals surface area contributed by atoms with Gasteiger partial charge in [0.05, 0.1) is 0 Å². The Hall–Kier alpha value is -0.440. The summed E-state index contributed by atoms with van der Waals surface area (Å²) in [6.45, 7) is 1.86. The van der Waals surface area contributed by atoms with E-state index in [1.807, 2.05) is 6.92 Å². The standard InChI is InChI=1S/C7H7BrFN/c1-5-2-3-10-7(9)6(5)4-8/h2-3H,4H2,1H3. The molecule has 0 aromatic carbocycles. The maximum atomic E-state index is 12.7. The average Bonchev–Trinajstić information content (AvgIpc) is 1.88. The first kappa shape index (κ1) is 7.66. The molecule has 54 valence electrons. The minimum Gasteiger partial charge on any atom is -0.228 e. The lowest BCUT2D eigenvalue weighted by Crippen LogP contribution is -1.92. The molecule has 0 aliphatic rings. The number of rotatable bonds is 1. The first-order chi connectivity index (χ1) is 4.75. The molecule has 0 amide bonds. The van der Waals surface area contributed by atoms with E-state index in [4.69, 9.17) is 0 Å². The Balaban J connectivity index is 3.17. The van der Waals surface area contributed by atoms with Gasteiger partial charge in [-0.05, 0) is 18.6 Å². The van der Waals surface area contributed by atoms with E-state index >= 15 is 0 Å². The molecule has 0 bridgehead atoms. The van der Waals surface area contributed by atoms with Crippen molar-refractivity contribution >= 4 is 15.9 Å². The topological polar surface area (TPSA) is 12.9 Å². The molecule has 0 aliphatic carbocycles. The first-order valence-corrected chi connectivity index (χ1v) is 4.04. The third-order valence-electron chi connectivity index (χ3n) is 1.37. The van der Waals surface area contributed by atoms with Gasteiger partial charge in [0.2, 0.25) is 5.95 Å². The summed E-state index contributed by atoms with van der Waals surface area (Å²) >= 11 is 3.18. The lowest BCUT2D eigenvalue weighted by atomic mass is 10.2. The van der Waals surface area contributed by atoms with Crippen LogP contribution in [0.25, 0.3) is 0 Å². The number of halogens is 2. The molecule has 0 unspecified atom stereocenters. The van der Waals surface area contributed by atoms with E-state index in [0.717, 1.165) is 5.56 Å². The highest BCUT2D eigenvalue weighted by Crippen LogP contribution is 2.12. The van der Waals surface area contributed by atoms with E-state index < -0.39 is 0 Å². The van der Waals surface area contributed by atoms with Crippen LogP contribution in [0.15, 0.2) is 12.3 Å². The summed E-state index contributed by atoms with van der Waals surface area (Å²) in [6.07, 6.45) is 1.47. The van der Waals surface area contributed by atoms with E-state index in [1.54, 1.807) is 6.07 Å². The number of nitrogens with zero attached hydrogens (tertiary/aromatic N) is 1. The van der Waals surface area contributed by atoms with Crippen molar-refractivity contribution in [2.45, 2.75) is 12.3 Å². The van der Waals surface area contributed by atoms with Gasteiger partial charge in [0.1, 0.15) is 0 Å². The van der Waals surface area contributed by atoms with Crippen LogP contribution >= 0.6 is 15.9 Å². The van der Waals surface area contributed by atoms with Crippen molar-refractivity contribution in [3.05, 3.63) is 29.3 Å². The van der Waals surface area contributed by atoms with Crippen molar-refractivity contribution in [1.82, 2.24) is 4.98 Å². The van der Waals surface area contributed by atoms with Gasteiger partial charge in [-0.15, -0.1) is 0 Å². The Labute approximate surface area is 67.4 Å². The van der Waals surface area contributed by atoms with E-state index in [9.17, 15) is 4.39 Å². The molecule has 0 saturated carbocycles. The minimum absolute atomic E-state index is 0.378. The average molecular weight is 204 g/mol. The zero-order valence-electron chi connectivity index (χ0n) is 5.56. The predicted molar refractivity (Wildman–Crippen MR) is 41.6 cm³/mol. The summed E-state index contributed by atoms with van der Waals surface area (Å²) in [4.78, 5) is 3.51. The van der Waals surface area contributed by atoms with Crippen molar-refractivity contribution in [1.29, 1.82) is 0 Å². The highest BCUT2D eigenvalue weighted by atomic mass is 79.9. The van der Waals surface area contributed by atoms with E-state index in [-0.39, 0.29) is 5.95 Å². The molecule has 0 N–H and O–H groups in total. The third-order valence-corrected chi connectivity index (χ3v) is 1.93. The van der Waals surface area contributed by atoms with Gasteiger partial charge in [0, 0.05) is 17.1 Å². The van der Waals surface area contributed by atoms with E-state index in [0.29, 0.717) is 10.9 Å². The van der Waals surface area contributed by atoms with Crippen LogP contribution in [0.3, 0.4) is 0 Å². The Morgan fingerprint density at radius 2 is 2.40 bits per heavy atom. The molecule has 1 aromatic rings. The molecule has 1 nitrogen and oxygen atoms in total. The second kappa shape index (κ2) is 3.10. The molecule has 0 radical (unpaired) electrons. The van der Waals surface area contributed by atoms with Gasteiger partial charge < -0.3 is 0 Å². The second-order valence-corrected chi connectivity index (χ2v) is 2.59. The monoisotopic (exact) mass is 203 g/mol. The Morgan fingerprint density at radius 3 is 2.80 bits per heavy atom. The smallest absolute Gasteiger partial charge is 0.217 e. The zero-order valence-corrected chi connectivity index (χ0v) is 7.15. The fraction of sp³-hybridized carbons (Fsp3) is 0.286. The van der Waals surface area contributed by atoms with Gasteiger partial charge in [0.15, 0.2) is 0 Å². The summed E-state index contributed by atoms with van der Waals surface area (Å²) < 4.78 is 12.7. The lowest BCUT2D eigenvalue weighted by molar-refractivity contribution is 0.572. The SMILES string of the molecule is Cc1ccnc(F)c1CBr. The predicted octanol–water partition coefficient (Wildman–Crippen LogP) is 2.42. The highest BCUT2D eigenvalue weighted by molar-refractivity contribution is 9.08. The van der Waals surface area contributed by atoms with Crippen molar-refractivity contribution in [3.63, 3.8) is 0 Å². The molecule has 3 heteroatoms. The van der Waals surface area contributed by atoms with Crippen LogP contribution in [-0.2, 0) is 5.33 Å². The molecule has 0 atom stereocenters. The Bertz CT molecular complexity index is 217. The van der Waals surface area contributed by atoms with Crippen LogP contribution in [-0.4, -0.2) is 4.98 Å². The second-order valence-electron chi connectivity index (χ2n) is 2.03. The molecular formula is C7H7BrFN. The van der Waals surface area contributed by atoms with E-state index in [1.165, 1.54) is 6.20 Å². The van der Waals surface area contributed by atoms with Crippen LogP contribution in [0.1, 0.15) is 11.1 Å². The van der Waals surface area contributed by atoms with Crippen LogP contribution in [0.5, 0.6) is 0 Å². The fourth-order valence-electron chi connectivity index (χ4n) is 0.716. The molecular weight excluding hydrogens is 197 g/mol. The van der Waals surface area contributed by atoms with Gasteiger partial charge in [-0.1, -0.05) is 15.9 Å². The fourth-order valence-corrected chi connectivity index (χ4v) is 1.39. The summed E-state index contributed by atoms with van der Waals surface area (Å²) in [7, 11) is 0. The normalized spacial score (nSPS) is 9.90. The lowest BCUT2D eigenvalue weighted by Gasteiger charge is -1.99. The molecule has 1 rings (SSSR count). The summed E-state index contributed by atoms with van der Waals surface area (Å²) in [5.74, 6) is -0.378. The number of hydrogen-bond donors (Lipinski definition) is 0. The van der Waals surface area contributed by atoms with Gasteiger partial charge in [-0.25, -0.2) is 4.98 Å². The molecule has 0 fully saturated rings. The molecule has 10 heavy (non-hydrogen) atoms. The zero-order chi connectivity index (χ0) is 7.56. The van der Waals surface area contributed by atoms with Crippen LogP contribution < -0.4 is 0 Å². The summed E-state index contributed by atoms with van der Waals surface area (Å²) in [5.41, 5.74) is 1.58. The molecule has 1 aromatic heterocycles. The number of alkyl halides is 1. The number of hydrogen-bond acceptors (Lipinski definition) is 1. The molecule has 0 aliphatic heterocycles. The van der Waals surface area contributed by atoms with Gasteiger partial charge in [-0.2, -0.15) is 4.39 Å². The maximum Gasteiger partial charge on any atom is 0.217 e. The molecule has 1 heterocycles. The van der Waals surface area contributed by atoms with Gasteiger partial charge in [-0.3, -0.25) is 0 Å².